The van der Waals surface area contributed by atoms with Crippen molar-refractivity contribution in [2.75, 3.05) is 0 Å². The summed E-state index contributed by atoms with van der Waals surface area (Å²) in [5.74, 6) is -0.327. The highest BCUT2D eigenvalue weighted by Crippen LogP contribution is 2.25. The number of thiazole rings is 1. The van der Waals surface area contributed by atoms with Gasteiger partial charge < -0.3 is 4.57 Å². The van der Waals surface area contributed by atoms with Gasteiger partial charge in [0.25, 0.3) is 5.91 Å². The summed E-state index contributed by atoms with van der Waals surface area (Å²) >= 11 is 7.77. The van der Waals surface area contributed by atoms with Crippen LogP contribution in [-0.4, -0.2) is 10.5 Å². The molecule has 0 fully saturated rings. The second-order valence-corrected chi connectivity index (χ2v) is 6.65. The van der Waals surface area contributed by atoms with Gasteiger partial charge in [-0.2, -0.15) is 10.3 Å². The molecule has 1 aromatic heterocycles. The molecular weight excluding hydrogens is 342 g/mol. The van der Waals surface area contributed by atoms with Gasteiger partial charge in [0.15, 0.2) is 4.80 Å². The summed E-state index contributed by atoms with van der Waals surface area (Å²) in [7, 11) is 0. The van der Waals surface area contributed by atoms with Crippen LogP contribution in [0.5, 0.6) is 0 Å². The second-order valence-electron chi connectivity index (χ2n) is 5.23. The van der Waals surface area contributed by atoms with Gasteiger partial charge in [-0.05, 0) is 42.8 Å². The first-order valence-electron chi connectivity index (χ1n) is 7.51. The number of hydrogen-bond acceptors (Lipinski definition) is 3. The van der Waals surface area contributed by atoms with Crippen molar-refractivity contribution >= 4 is 39.1 Å². The SMILES string of the molecule is CCCn1c(=NC(=O)c2ccc(C#N)cc2)sc2cccc(Cl)c21. The highest BCUT2D eigenvalue weighted by Gasteiger charge is 2.11. The van der Waals surface area contributed by atoms with Crippen molar-refractivity contribution in [1.82, 2.24) is 4.57 Å². The second kappa shape index (κ2) is 7.00. The van der Waals surface area contributed by atoms with Crippen LogP contribution >= 0.6 is 22.9 Å². The Balaban J connectivity index is 2.11. The minimum absolute atomic E-state index is 0.327. The molecule has 0 bridgehead atoms. The van der Waals surface area contributed by atoms with Crippen molar-refractivity contribution in [3.8, 4) is 6.07 Å². The fourth-order valence-electron chi connectivity index (χ4n) is 2.44. The summed E-state index contributed by atoms with van der Waals surface area (Å²) in [6, 6.07) is 14.2. The van der Waals surface area contributed by atoms with Gasteiger partial charge in [-0.15, -0.1) is 0 Å². The zero-order valence-corrected chi connectivity index (χ0v) is 14.6. The highest BCUT2D eigenvalue weighted by atomic mass is 35.5. The standard InChI is InChI=1S/C18H14ClN3OS/c1-2-10-22-16-14(19)4-3-5-15(16)24-18(22)21-17(23)13-8-6-12(11-20)7-9-13/h3-9H,2,10H2,1H3. The van der Waals surface area contributed by atoms with E-state index < -0.39 is 0 Å². The van der Waals surface area contributed by atoms with Gasteiger partial charge >= 0.3 is 0 Å². The number of benzene rings is 2. The van der Waals surface area contributed by atoms with Crippen LogP contribution in [0.1, 0.15) is 29.3 Å². The topological polar surface area (TPSA) is 58.1 Å². The Labute approximate surface area is 148 Å². The lowest BCUT2D eigenvalue weighted by Gasteiger charge is -2.04. The summed E-state index contributed by atoms with van der Waals surface area (Å²) in [6.07, 6.45) is 0.912. The summed E-state index contributed by atoms with van der Waals surface area (Å²) in [5, 5.41) is 9.49. The van der Waals surface area contributed by atoms with Crippen molar-refractivity contribution in [3.05, 3.63) is 63.4 Å². The van der Waals surface area contributed by atoms with E-state index in [4.69, 9.17) is 16.9 Å². The molecular formula is C18H14ClN3OS. The molecule has 6 heteroatoms. The van der Waals surface area contributed by atoms with Gasteiger partial charge in [-0.25, -0.2) is 0 Å². The van der Waals surface area contributed by atoms with Crippen LogP contribution in [0.15, 0.2) is 47.5 Å². The van der Waals surface area contributed by atoms with Crippen LogP contribution in [0.2, 0.25) is 5.02 Å². The molecule has 2 aromatic carbocycles. The fraction of sp³-hybridized carbons (Fsp3) is 0.167. The maximum absolute atomic E-state index is 12.4. The Morgan fingerprint density at radius 3 is 2.71 bits per heavy atom. The quantitative estimate of drug-likeness (QED) is 0.700. The summed E-state index contributed by atoms with van der Waals surface area (Å²) in [6.45, 7) is 2.81. The molecule has 0 saturated carbocycles. The van der Waals surface area contributed by atoms with Gasteiger partial charge in [0.2, 0.25) is 0 Å². The Hall–Kier alpha value is -2.42. The molecule has 0 unspecified atom stereocenters. The Morgan fingerprint density at radius 2 is 2.04 bits per heavy atom. The Bertz CT molecular complexity index is 1010. The summed E-state index contributed by atoms with van der Waals surface area (Å²) in [4.78, 5) is 17.4. The van der Waals surface area contributed by atoms with Gasteiger partial charge in [0, 0.05) is 12.1 Å². The number of hydrogen-bond donors (Lipinski definition) is 0. The number of nitriles is 1. The van der Waals surface area contributed by atoms with E-state index in [0.717, 1.165) is 23.2 Å². The maximum Gasteiger partial charge on any atom is 0.279 e. The van der Waals surface area contributed by atoms with E-state index in [1.807, 2.05) is 28.8 Å². The molecule has 0 N–H and O–H groups in total. The molecule has 0 aliphatic rings. The number of aryl methyl sites for hydroxylation is 1. The Kier molecular flexibility index (Phi) is 4.79. The molecule has 24 heavy (non-hydrogen) atoms. The normalized spacial score (nSPS) is 11.6. The molecule has 3 rings (SSSR count). The van der Waals surface area contributed by atoms with Gasteiger partial charge in [-0.3, -0.25) is 4.79 Å². The monoisotopic (exact) mass is 355 g/mol. The summed E-state index contributed by atoms with van der Waals surface area (Å²) < 4.78 is 2.99. The number of aromatic nitrogens is 1. The number of rotatable bonds is 3. The van der Waals surface area contributed by atoms with Crippen LogP contribution in [0.4, 0.5) is 0 Å². The third-order valence-corrected chi connectivity index (χ3v) is 4.91. The van der Waals surface area contributed by atoms with E-state index in [9.17, 15) is 4.79 Å². The van der Waals surface area contributed by atoms with Gasteiger partial charge in [-0.1, -0.05) is 35.9 Å². The minimum atomic E-state index is -0.327. The van der Waals surface area contributed by atoms with Gasteiger partial charge in [0.1, 0.15) is 0 Å². The first-order valence-corrected chi connectivity index (χ1v) is 8.70. The average Bonchev–Trinajstić information content (AvgIpc) is 2.94. The number of halogens is 1. The molecule has 0 saturated heterocycles. The average molecular weight is 356 g/mol. The molecule has 0 spiro atoms. The summed E-state index contributed by atoms with van der Waals surface area (Å²) in [5.41, 5.74) is 1.89. The lowest BCUT2D eigenvalue weighted by atomic mass is 10.1. The molecule has 1 heterocycles. The molecule has 3 aromatic rings. The smallest absolute Gasteiger partial charge is 0.279 e. The molecule has 0 aliphatic carbocycles. The van der Waals surface area contributed by atoms with Crippen LogP contribution in [0, 0.1) is 11.3 Å². The van der Waals surface area contributed by atoms with Crippen molar-refractivity contribution in [2.24, 2.45) is 4.99 Å². The lowest BCUT2D eigenvalue weighted by molar-refractivity contribution is 0.0998. The first-order chi connectivity index (χ1) is 11.6. The first kappa shape index (κ1) is 16.4. The number of carbonyl (C=O) groups excluding carboxylic acids is 1. The number of nitrogens with zero attached hydrogens (tertiary/aromatic N) is 3. The predicted molar refractivity (Wildman–Crippen MR) is 96.2 cm³/mol. The van der Waals surface area contributed by atoms with E-state index in [1.54, 1.807) is 24.3 Å². The van der Waals surface area contributed by atoms with E-state index >= 15 is 0 Å². The molecule has 0 aliphatic heterocycles. The number of para-hydroxylation sites is 1. The van der Waals surface area contributed by atoms with Crippen LogP contribution in [-0.2, 0) is 6.54 Å². The molecule has 1 amide bonds. The third kappa shape index (κ3) is 3.12. The minimum Gasteiger partial charge on any atom is -0.315 e. The van der Waals surface area contributed by atoms with E-state index in [1.165, 1.54) is 11.3 Å². The Morgan fingerprint density at radius 1 is 1.29 bits per heavy atom. The zero-order chi connectivity index (χ0) is 17.1. The van der Waals surface area contributed by atoms with E-state index in [-0.39, 0.29) is 5.91 Å². The van der Waals surface area contributed by atoms with Gasteiger partial charge in [0.05, 0.1) is 26.9 Å². The van der Waals surface area contributed by atoms with Crippen molar-refractivity contribution in [1.29, 1.82) is 5.26 Å². The molecule has 0 radical (unpaired) electrons. The third-order valence-electron chi connectivity index (χ3n) is 3.56. The zero-order valence-electron chi connectivity index (χ0n) is 13.0. The van der Waals surface area contributed by atoms with E-state index in [0.29, 0.717) is 21.0 Å². The fourth-order valence-corrected chi connectivity index (χ4v) is 3.86. The highest BCUT2D eigenvalue weighted by molar-refractivity contribution is 7.16. The van der Waals surface area contributed by atoms with Crippen LogP contribution in [0.25, 0.3) is 10.2 Å². The molecule has 0 atom stereocenters. The number of amides is 1. The number of fused-ring (bicyclic) bond motifs is 1. The van der Waals surface area contributed by atoms with Crippen LogP contribution < -0.4 is 4.80 Å². The van der Waals surface area contributed by atoms with Crippen molar-refractivity contribution < 1.29 is 4.79 Å². The van der Waals surface area contributed by atoms with Crippen molar-refractivity contribution in [2.45, 2.75) is 19.9 Å². The largest absolute Gasteiger partial charge is 0.315 e. The van der Waals surface area contributed by atoms with Crippen molar-refractivity contribution in [3.63, 3.8) is 0 Å². The lowest BCUT2D eigenvalue weighted by Crippen LogP contribution is -2.17. The number of carbonyl (C=O) groups is 1. The van der Waals surface area contributed by atoms with Crippen LogP contribution in [0.3, 0.4) is 0 Å². The predicted octanol–water partition coefficient (Wildman–Crippen LogP) is 4.38. The van der Waals surface area contributed by atoms with E-state index in [2.05, 4.69) is 11.9 Å². The maximum atomic E-state index is 12.4. The molecule has 120 valence electrons. The molecule has 4 nitrogen and oxygen atoms in total.